The van der Waals surface area contributed by atoms with E-state index in [2.05, 4.69) is 14.9 Å². The van der Waals surface area contributed by atoms with Gasteiger partial charge in [-0.05, 0) is 31.7 Å². The number of hydrogen-bond acceptors (Lipinski definition) is 5. The fourth-order valence-electron chi connectivity index (χ4n) is 2.23. The largest absolute Gasteiger partial charge is 0.381 e. The normalized spacial score (nSPS) is 20.5. The van der Waals surface area contributed by atoms with Gasteiger partial charge in [0.25, 0.3) is 0 Å². The number of ether oxygens (including phenoxy) is 1. The van der Waals surface area contributed by atoms with Crippen LogP contribution < -0.4 is 10.6 Å². The van der Waals surface area contributed by atoms with Crippen molar-refractivity contribution in [3.05, 3.63) is 12.3 Å². The Morgan fingerprint density at radius 2 is 2.47 bits per heavy atom. The molecular weight excluding hydrogens is 216 g/mol. The molecule has 17 heavy (non-hydrogen) atoms. The van der Waals surface area contributed by atoms with E-state index in [1.54, 1.807) is 6.20 Å². The molecule has 2 rings (SSSR count). The van der Waals surface area contributed by atoms with Gasteiger partial charge in [0.2, 0.25) is 5.95 Å². The van der Waals surface area contributed by atoms with Crippen LogP contribution in [0.3, 0.4) is 0 Å². The summed E-state index contributed by atoms with van der Waals surface area (Å²) in [5.41, 5.74) is 5.61. The molecule has 0 amide bonds. The molecule has 5 nitrogen and oxygen atoms in total. The number of hydrogen-bond donors (Lipinski definition) is 1. The number of nitrogen functional groups attached to an aromatic ring is 1. The zero-order chi connectivity index (χ0) is 12.1. The summed E-state index contributed by atoms with van der Waals surface area (Å²) in [4.78, 5) is 10.5. The lowest BCUT2D eigenvalue weighted by Crippen LogP contribution is -2.37. The predicted octanol–water partition coefficient (Wildman–Crippen LogP) is 1.31. The van der Waals surface area contributed by atoms with Gasteiger partial charge in [0, 0.05) is 25.9 Å². The van der Waals surface area contributed by atoms with Crippen LogP contribution in [0.2, 0.25) is 0 Å². The molecule has 1 atom stereocenters. The molecule has 0 radical (unpaired) electrons. The van der Waals surface area contributed by atoms with Crippen molar-refractivity contribution < 1.29 is 4.74 Å². The van der Waals surface area contributed by atoms with Crippen molar-refractivity contribution in [2.24, 2.45) is 5.92 Å². The molecule has 1 saturated heterocycles. The minimum Gasteiger partial charge on any atom is -0.381 e. The van der Waals surface area contributed by atoms with Crippen molar-refractivity contribution in [1.82, 2.24) is 9.97 Å². The highest BCUT2D eigenvalue weighted by Gasteiger charge is 2.21. The summed E-state index contributed by atoms with van der Waals surface area (Å²) < 4.78 is 5.50. The van der Waals surface area contributed by atoms with Crippen molar-refractivity contribution >= 4 is 11.8 Å². The number of anilines is 2. The second-order valence-electron chi connectivity index (χ2n) is 4.39. The van der Waals surface area contributed by atoms with Crippen molar-refractivity contribution in [2.75, 3.05) is 36.9 Å². The maximum absolute atomic E-state index is 5.61. The summed E-state index contributed by atoms with van der Waals surface area (Å²) >= 11 is 0. The smallest absolute Gasteiger partial charge is 0.221 e. The number of nitrogens with zero attached hydrogens (tertiary/aromatic N) is 3. The molecule has 1 aliphatic heterocycles. The second-order valence-corrected chi connectivity index (χ2v) is 4.39. The van der Waals surface area contributed by atoms with Crippen LogP contribution in [-0.4, -0.2) is 36.3 Å². The first kappa shape index (κ1) is 12.1. The van der Waals surface area contributed by atoms with Gasteiger partial charge in [-0.2, -0.15) is 4.98 Å². The Bertz CT molecular complexity index is 358. The third kappa shape index (κ3) is 3.30. The zero-order valence-electron chi connectivity index (χ0n) is 10.3. The minimum absolute atomic E-state index is 0.342. The van der Waals surface area contributed by atoms with E-state index >= 15 is 0 Å². The standard InChI is InChI=1S/C12H20N4O/c1-2-17-9-10-4-3-7-16(8-10)11-5-6-14-12(13)15-11/h5-6,10H,2-4,7-9H2,1H3,(H2,13,14,15)/t10-/m1/s1. The Balaban J connectivity index is 1.97. The summed E-state index contributed by atoms with van der Waals surface area (Å²) in [6.07, 6.45) is 4.13. The maximum atomic E-state index is 5.61. The van der Waals surface area contributed by atoms with E-state index in [9.17, 15) is 0 Å². The molecule has 0 bridgehead atoms. The van der Waals surface area contributed by atoms with Crippen molar-refractivity contribution in [1.29, 1.82) is 0 Å². The second kappa shape index (κ2) is 5.82. The van der Waals surface area contributed by atoms with Crippen LogP contribution in [-0.2, 0) is 4.74 Å². The molecule has 1 aromatic rings. The van der Waals surface area contributed by atoms with Gasteiger partial charge in [-0.15, -0.1) is 0 Å². The summed E-state index contributed by atoms with van der Waals surface area (Å²) in [5.74, 6) is 1.87. The quantitative estimate of drug-likeness (QED) is 0.854. The molecular formula is C12H20N4O. The minimum atomic E-state index is 0.342. The average molecular weight is 236 g/mol. The highest BCUT2D eigenvalue weighted by Crippen LogP contribution is 2.21. The van der Waals surface area contributed by atoms with Crippen molar-refractivity contribution in [2.45, 2.75) is 19.8 Å². The van der Waals surface area contributed by atoms with Crippen LogP contribution in [0.1, 0.15) is 19.8 Å². The zero-order valence-corrected chi connectivity index (χ0v) is 10.3. The Kier molecular flexibility index (Phi) is 4.14. The van der Waals surface area contributed by atoms with E-state index in [0.717, 1.165) is 32.1 Å². The topological polar surface area (TPSA) is 64.3 Å². The van der Waals surface area contributed by atoms with Gasteiger partial charge in [0.15, 0.2) is 0 Å². The number of aromatic nitrogens is 2. The first-order valence-corrected chi connectivity index (χ1v) is 6.20. The van der Waals surface area contributed by atoms with E-state index in [1.807, 2.05) is 13.0 Å². The molecule has 2 N–H and O–H groups in total. The summed E-state index contributed by atoms with van der Waals surface area (Å²) in [5, 5.41) is 0. The predicted molar refractivity (Wildman–Crippen MR) is 67.9 cm³/mol. The molecule has 1 aliphatic rings. The highest BCUT2D eigenvalue weighted by molar-refractivity contribution is 5.41. The van der Waals surface area contributed by atoms with E-state index in [1.165, 1.54) is 12.8 Å². The Labute approximate surface area is 102 Å². The molecule has 0 spiro atoms. The molecule has 5 heteroatoms. The van der Waals surface area contributed by atoms with E-state index in [0.29, 0.717) is 11.9 Å². The monoisotopic (exact) mass is 236 g/mol. The van der Waals surface area contributed by atoms with Crippen molar-refractivity contribution in [3.63, 3.8) is 0 Å². The fraction of sp³-hybridized carbons (Fsp3) is 0.667. The van der Waals surface area contributed by atoms with Gasteiger partial charge < -0.3 is 15.4 Å². The Morgan fingerprint density at radius 3 is 3.24 bits per heavy atom. The molecule has 0 saturated carbocycles. The molecule has 0 unspecified atom stereocenters. The number of nitrogens with two attached hydrogens (primary N) is 1. The van der Waals surface area contributed by atoms with Gasteiger partial charge in [-0.3, -0.25) is 0 Å². The first-order valence-electron chi connectivity index (χ1n) is 6.20. The van der Waals surface area contributed by atoms with E-state index < -0.39 is 0 Å². The van der Waals surface area contributed by atoms with Gasteiger partial charge >= 0.3 is 0 Å². The average Bonchev–Trinajstić information content (AvgIpc) is 2.37. The van der Waals surface area contributed by atoms with Crippen LogP contribution >= 0.6 is 0 Å². The van der Waals surface area contributed by atoms with Crippen LogP contribution in [0.25, 0.3) is 0 Å². The summed E-state index contributed by atoms with van der Waals surface area (Å²) in [6.45, 7) is 5.70. The molecule has 1 fully saturated rings. The summed E-state index contributed by atoms with van der Waals surface area (Å²) in [7, 11) is 0. The molecule has 0 aromatic carbocycles. The SMILES string of the molecule is CCOC[C@@H]1CCCN(c2ccnc(N)n2)C1. The third-order valence-electron chi connectivity index (χ3n) is 3.06. The van der Waals surface area contributed by atoms with Gasteiger partial charge in [-0.1, -0.05) is 0 Å². The molecule has 1 aromatic heterocycles. The molecule has 0 aliphatic carbocycles. The Morgan fingerprint density at radius 1 is 1.59 bits per heavy atom. The van der Waals surface area contributed by atoms with Crippen LogP contribution in [0, 0.1) is 5.92 Å². The van der Waals surface area contributed by atoms with Crippen LogP contribution in [0.15, 0.2) is 12.3 Å². The number of piperidine rings is 1. The summed E-state index contributed by atoms with van der Waals surface area (Å²) in [6, 6.07) is 1.92. The van der Waals surface area contributed by atoms with E-state index in [4.69, 9.17) is 10.5 Å². The highest BCUT2D eigenvalue weighted by atomic mass is 16.5. The first-order chi connectivity index (χ1) is 8.29. The lowest BCUT2D eigenvalue weighted by atomic mass is 9.99. The van der Waals surface area contributed by atoms with Crippen LogP contribution in [0.4, 0.5) is 11.8 Å². The molecule has 94 valence electrons. The lowest BCUT2D eigenvalue weighted by Gasteiger charge is -2.33. The van der Waals surface area contributed by atoms with Crippen molar-refractivity contribution in [3.8, 4) is 0 Å². The van der Waals surface area contributed by atoms with E-state index in [-0.39, 0.29) is 0 Å². The van der Waals surface area contributed by atoms with Gasteiger partial charge in [-0.25, -0.2) is 4.98 Å². The third-order valence-corrected chi connectivity index (χ3v) is 3.06. The maximum Gasteiger partial charge on any atom is 0.221 e. The van der Waals surface area contributed by atoms with Gasteiger partial charge in [0.05, 0.1) is 6.61 Å². The van der Waals surface area contributed by atoms with Gasteiger partial charge in [0.1, 0.15) is 5.82 Å². The number of rotatable bonds is 4. The molecule has 2 heterocycles. The lowest BCUT2D eigenvalue weighted by molar-refractivity contribution is 0.104. The fourth-order valence-corrected chi connectivity index (χ4v) is 2.23. The van der Waals surface area contributed by atoms with Crippen LogP contribution in [0.5, 0.6) is 0 Å². The Hall–Kier alpha value is -1.36.